The second kappa shape index (κ2) is 7.62. The van der Waals surface area contributed by atoms with E-state index in [1.54, 1.807) is 7.05 Å². The maximum Gasteiger partial charge on any atom is 0.233 e. The SMILES string of the molecule is CCN(CC(=O)NC)C(c1cccc(Br)c1)C(C)N. The fraction of sp³-hybridized carbons (Fsp3) is 0.500. The van der Waals surface area contributed by atoms with Crippen molar-refractivity contribution in [3.63, 3.8) is 0 Å². The van der Waals surface area contributed by atoms with Gasteiger partial charge in [0.25, 0.3) is 0 Å². The number of halogens is 1. The molecule has 19 heavy (non-hydrogen) atoms. The number of amides is 1. The number of nitrogens with zero attached hydrogens (tertiary/aromatic N) is 1. The van der Waals surface area contributed by atoms with E-state index in [9.17, 15) is 4.79 Å². The molecule has 0 saturated carbocycles. The Morgan fingerprint density at radius 2 is 2.21 bits per heavy atom. The van der Waals surface area contributed by atoms with Crippen molar-refractivity contribution >= 4 is 21.8 Å². The third-order valence-electron chi connectivity index (χ3n) is 3.11. The molecule has 4 nitrogen and oxygen atoms in total. The van der Waals surface area contributed by atoms with Crippen LogP contribution in [-0.4, -0.2) is 37.0 Å². The molecule has 1 aromatic carbocycles. The fourth-order valence-corrected chi connectivity index (χ4v) is 2.62. The van der Waals surface area contributed by atoms with E-state index < -0.39 is 0 Å². The lowest BCUT2D eigenvalue weighted by molar-refractivity contribution is -0.122. The summed E-state index contributed by atoms with van der Waals surface area (Å²) in [5.41, 5.74) is 7.24. The van der Waals surface area contributed by atoms with E-state index >= 15 is 0 Å². The monoisotopic (exact) mass is 327 g/mol. The first kappa shape index (κ1) is 16.1. The number of benzene rings is 1. The van der Waals surface area contributed by atoms with Gasteiger partial charge in [-0.25, -0.2) is 0 Å². The summed E-state index contributed by atoms with van der Waals surface area (Å²) < 4.78 is 1.02. The number of hydrogen-bond acceptors (Lipinski definition) is 3. The topological polar surface area (TPSA) is 58.4 Å². The Bertz CT molecular complexity index is 423. The van der Waals surface area contributed by atoms with Gasteiger partial charge < -0.3 is 11.1 Å². The Kier molecular flexibility index (Phi) is 6.48. The average molecular weight is 328 g/mol. The van der Waals surface area contributed by atoms with Gasteiger partial charge in [0.2, 0.25) is 5.91 Å². The van der Waals surface area contributed by atoms with Crippen molar-refractivity contribution < 1.29 is 4.79 Å². The lowest BCUT2D eigenvalue weighted by atomic mass is 9.99. The molecule has 5 heteroatoms. The summed E-state index contributed by atoms with van der Waals surface area (Å²) in [6, 6.07) is 8.05. The van der Waals surface area contributed by atoms with Gasteiger partial charge in [-0.3, -0.25) is 9.69 Å². The van der Waals surface area contributed by atoms with Gasteiger partial charge in [0.05, 0.1) is 12.6 Å². The van der Waals surface area contributed by atoms with Gasteiger partial charge in [0, 0.05) is 17.6 Å². The Balaban J connectivity index is 3.01. The lowest BCUT2D eigenvalue weighted by Crippen LogP contribution is -2.44. The number of likely N-dealkylation sites (N-methyl/N-ethyl adjacent to an activating group) is 2. The molecule has 0 aromatic heterocycles. The number of nitrogens with one attached hydrogen (secondary N) is 1. The highest BCUT2D eigenvalue weighted by Crippen LogP contribution is 2.25. The number of carbonyl (C=O) groups is 1. The molecule has 0 heterocycles. The quantitative estimate of drug-likeness (QED) is 0.839. The van der Waals surface area contributed by atoms with Gasteiger partial charge in [-0.15, -0.1) is 0 Å². The summed E-state index contributed by atoms with van der Waals surface area (Å²) in [4.78, 5) is 13.7. The van der Waals surface area contributed by atoms with E-state index in [4.69, 9.17) is 5.73 Å². The third-order valence-corrected chi connectivity index (χ3v) is 3.61. The van der Waals surface area contributed by atoms with Gasteiger partial charge >= 0.3 is 0 Å². The van der Waals surface area contributed by atoms with Crippen LogP contribution in [0.1, 0.15) is 25.5 Å². The first-order valence-electron chi connectivity index (χ1n) is 6.45. The number of rotatable bonds is 6. The second-order valence-corrected chi connectivity index (χ2v) is 5.51. The average Bonchev–Trinajstić information content (AvgIpc) is 2.37. The maximum atomic E-state index is 11.6. The molecule has 0 fully saturated rings. The Morgan fingerprint density at radius 1 is 1.53 bits per heavy atom. The normalized spacial score (nSPS) is 14.2. The zero-order valence-corrected chi connectivity index (χ0v) is 13.3. The van der Waals surface area contributed by atoms with Crippen LogP contribution in [0.2, 0.25) is 0 Å². The molecule has 2 unspecified atom stereocenters. The predicted molar refractivity (Wildman–Crippen MR) is 81.8 cm³/mol. The van der Waals surface area contributed by atoms with Crippen LogP contribution < -0.4 is 11.1 Å². The summed E-state index contributed by atoms with van der Waals surface area (Å²) in [6.07, 6.45) is 0. The van der Waals surface area contributed by atoms with Crippen molar-refractivity contribution in [2.45, 2.75) is 25.9 Å². The van der Waals surface area contributed by atoms with Crippen molar-refractivity contribution in [1.82, 2.24) is 10.2 Å². The minimum absolute atomic E-state index is 0.00231. The molecule has 0 aliphatic heterocycles. The summed E-state index contributed by atoms with van der Waals surface area (Å²) in [7, 11) is 1.65. The summed E-state index contributed by atoms with van der Waals surface area (Å²) in [5.74, 6) is 0.00231. The first-order valence-corrected chi connectivity index (χ1v) is 7.24. The first-order chi connectivity index (χ1) is 8.99. The molecule has 1 aromatic rings. The third kappa shape index (κ3) is 4.60. The fourth-order valence-electron chi connectivity index (χ4n) is 2.21. The molecule has 0 spiro atoms. The van der Waals surface area contributed by atoms with Crippen LogP contribution in [0.4, 0.5) is 0 Å². The van der Waals surface area contributed by atoms with E-state index in [2.05, 4.69) is 32.2 Å². The Morgan fingerprint density at radius 3 is 2.68 bits per heavy atom. The summed E-state index contributed by atoms with van der Waals surface area (Å²) in [6.45, 7) is 5.13. The zero-order valence-electron chi connectivity index (χ0n) is 11.7. The van der Waals surface area contributed by atoms with E-state index in [0.717, 1.165) is 16.6 Å². The Labute approximate surface area is 123 Å². The minimum Gasteiger partial charge on any atom is -0.358 e. The van der Waals surface area contributed by atoms with Gasteiger partial charge in [-0.1, -0.05) is 35.0 Å². The molecule has 0 radical (unpaired) electrons. The minimum atomic E-state index is -0.0566. The highest BCUT2D eigenvalue weighted by atomic mass is 79.9. The molecule has 3 N–H and O–H groups in total. The molecular weight excluding hydrogens is 306 g/mol. The van der Waals surface area contributed by atoms with E-state index in [0.29, 0.717) is 6.54 Å². The predicted octanol–water partition coefficient (Wildman–Crippen LogP) is 1.91. The highest BCUT2D eigenvalue weighted by molar-refractivity contribution is 9.10. The highest BCUT2D eigenvalue weighted by Gasteiger charge is 2.24. The number of nitrogens with two attached hydrogens (primary N) is 1. The number of hydrogen-bond donors (Lipinski definition) is 2. The van der Waals surface area contributed by atoms with E-state index in [1.807, 2.05) is 32.0 Å². The lowest BCUT2D eigenvalue weighted by Gasteiger charge is -2.33. The molecule has 0 aliphatic rings. The van der Waals surface area contributed by atoms with Gasteiger partial charge in [-0.05, 0) is 31.2 Å². The largest absolute Gasteiger partial charge is 0.358 e. The zero-order chi connectivity index (χ0) is 14.4. The second-order valence-electron chi connectivity index (χ2n) is 4.60. The molecular formula is C14H22BrN3O. The maximum absolute atomic E-state index is 11.6. The van der Waals surface area contributed by atoms with Crippen molar-refractivity contribution in [2.75, 3.05) is 20.1 Å². The van der Waals surface area contributed by atoms with Crippen LogP contribution in [-0.2, 0) is 4.79 Å². The van der Waals surface area contributed by atoms with Crippen LogP contribution in [0.25, 0.3) is 0 Å². The molecule has 1 rings (SSSR count). The molecule has 0 bridgehead atoms. The van der Waals surface area contributed by atoms with Gasteiger partial charge in [0.15, 0.2) is 0 Å². The molecule has 2 atom stereocenters. The van der Waals surface area contributed by atoms with Crippen molar-refractivity contribution in [3.05, 3.63) is 34.3 Å². The van der Waals surface area contributed by atoms with Crippen LogP contribution >= 0.6 is 15.9 Å². The van der Waals surface area contributed by atoms with Crippen molar-refractivity contribution in [3.8, 4) is 0 Å². The van der Waals surface area contributed by atoms with Crippen LogP contribution in [0, 0.1) is 0 Å². The van der Waals surface area contributed by atoms with Crippen LogP contribution in [0.15, 0.2) is 28.7 Å². The van der Waals surface area contributed by atoms with E-state index in [1.165, 1.54) is 0 Å². The standard InChI is InChI=1S/C14H22BrN3O/c1-4-18(9-13(19)17-3)14(10(2)16)11-6-5-7-12(15)8-11/h5-8,10,14H,4,9,16H2,1-3H3,(H,17,19). The Hall–Kier alpha value is -0.910. The van der Waals surface area contributed by atoms with E-state index in [-0.39, 0.29) is 18.0 Å². The summed E-state index contributed by atoms with van der Waals surface area (Å²) >= 11 is 3.48. The van der Waals surface area contributed by atoms with Gasteiger partial charge in [0.1, 0.15) is 0 Å². The van der Waals surface area contributed by atoms with Crippen LogP contribution in [0.3, 0.4) is 0 Å². The molecule has 106 valence electrons. The molecule has 0 aliphatic carbocycles. The molecule has 0 saturated heterocycles. The van der Waals surface area contributed by atoms with Crippen LogP contribution in [0.5, 0.6) is 0 Å². The molecule has 1 amide bonds. The number of carbonyl (C=O) groups excluding carboxylic acids is 1. The van der Waals surface area contributed by atoms with Crippen molar-refractivity contribution in [1.29, 1.82) is 0 Å². The summed E-state index contributed by atoms with van der Waals surface area (Å²) in [5, 5.41) is 2.66. The van der Waals surface area contributed by atoms with Gasteiger partial charge in [-0.2, -0.15) is 0 Å². The smallest absolute Gasteiger partial charge is 0.233 e. The van der Waals surface area contributed by atoms with Crippen molar-refractivity contribution in [2.24, 2.45) is 5.73 Å².